The number of aromatic nitrogens is 4. The number of sulfonamides is 1. The number of benzene rings is 1. The summed E-state index contributed by atoms with van der Waals surface area (Å²) < 4.78 is 22.2. The fourth-order valence-electron chi connectivity index (χ4n) is 1.66. The van der Waals surface area contributed by atoms with Gasteiger partial charge in [-0.1, -0.05) is 17.3 Å². The van der Waals surface area contributed by atoms with Crippen LogP contribution in [0.4, 0.5) is 0 Å². The highest BCUT2D eigenvalue weighted by molar-refractivity contribution is 7.89. The summed E-state index contributed by atoms with van der Waals surface area (Å²) in [6.07, 6.45) is 0.629. The maximum atomic E-state index is 11.6. The van der Waals surface area contributed by atoms with E-state index >= 15 is 0 Å². The summed E-state index contributed by atoms with van der Waals surface area (Å²) >= 11 is 0. The van der Waals surface area contributed by atoms with Crippen LogP contribution in [0.2, 0.25) is 0 Å². The molecule has 0 aliphatic heterocycles. The van der Waals surface area contributed by atoms with Crippen LogP contribution in [-0.2, 0) is 27.7 Å². The van der Waals surface area contributed by atoms with Gasteiger partial charge in [0.25, 0.3) is 0 Å². The van der Waals surface area contributed by atoms with Gasteiger partial charge in [0, 0.05) is 6.54 Å². The molecule has 1 amide bonds. The van der Waals surface area contributed by atoms with Crippen LogP contribution in [0, 0.1) is 0 Å². The summed E-state index contributed by atoms with van der Waals surface area (Å²) in [6, 6.07) is 6.19. The van der Waals surface area contributed by atoms with Crippen LogP contribution in [0.5, 0.6) is 0 Å². The van der Waals surface area contributed by atoms with Gasteiger partial charge < -0.3 is 5.32 Å². The zero-order valence-corrected chi connectivity index (χ0v) is 11.8. The van der Waals surface area contributed by atoms with E-state index in [-0.39, 0.29) is 17.2 Å². The van der Waals surface area contributed by atoms with E-state index in [0.717, 1.165) is 5.56 Å². The standard InChI is InChI=1S/C11H14N6O3S/c12-21(19,20)9-3-1-8(2-4-9)5-6-13-11(18)7-10-14-16-17-15-10/h1-4H,5-7H2,(H,13,18)(H2,12,19,20)(H,14,15,16,17). The minimum absolute atomic E-state index is 0.0564. The van der Waals surface area contributed by atoms with Gasteiger partial charge in [-0.05, 0) is 24.1 Å². The summed E-state index contributed by atoms with van der Waals surface area (Å²) in [7, 11) is -3.68. The number of tetrazole rings is 1. The van der Waals surface area contributed by atoms with Gasteiger partial charge in [0.05, 0.1) is 11.3 Å². The Kier molecular flexibility index (Phi) is 4.60. The molecule has 0 saturated heterocycles. The van der Waals surface area contributed by atoms with E-state index in [1.54, 1.807) is 12.1 Å². The molecule has 1 aromatic carbocycles. The first kappa shape index (κ1) is 15.1. The average molecular weight is 310 g/mol. The van der Waals surface area contributed by atoms with Crippen molar-refractivity contribution in [3.05, 3.63) is 35.7 Å². The molecule has 0 atom stereocenters. The van der Waals surface area contributed by atoms with Gasteiger partial charge in [0.1, 0.15) is 0 Å². The van der Waals surface area contributed by atoms with E-state index in [0.29, 0.717) is 18.8 Å². The number of aromatic amines is 1. The topological polar surface area (TPSA) is 144 Å². The lowest BCUT2D eigenvalue weighted by molar-refractivity contribution is -0.120. The van der Waals surface area contributed by atoms with Gasteiger partial charge in [-0.3, -0.25) is 4.79 Å². The van der Waals surface area contributed by atoms with Crippen molar-refractivity contribution in [2.75, 3.05) is 6.54 Å². The molecule has 9 nitrogen and oxygen atoms in total. The number of hydrogen-bond acceptors (Lipinski definition) is 6. The molecule has 21 heavy (non-hydrogen) atoms. The van der Waals surface area contributed by atoms with Gasteiger partial charge in [0.2, 0.25) is 15.9 Å². The molecule has 1 heterocycles. The van der Waals surface area contributed by atoms with Crippen LogP contribution >= 0.6 is 0 Å². The zero-order valence-electron chi connectivity index (χ0n) is 11.0. The molecule has 2 rings (SSSR count). The Balaban J connectivity index is 1.79. The number of nitrogens with one attached hydrogen (secondary N) is 2. The van der Waals surface area contributed by atoms with Crippen LogP contribution in [0.25, 0.3) is 0 Å². The number of nitrogens with zero attached hydrogens (tertiary/aromatic N) is 3. The lowest BCUT2D eigenvalue weighted by atomic mass is 10.1. The quantitative estimate of drug-likeness (QED) is 0.608. The van der Waals surface area contributed by atoms with E-state index in [1.165, 1.54) is 12.1 Å². The van der Waals surface area contributed by atoms with Crippen molar-refractivity contribution in [1.82, 2.24) is 25.9 Å². The summed E-state index contributed by atoms with van der Waals surface area (Å²) in [5.41, 5.74) is 0.891. The second-order valence-electron chi connectivity index (χ2n) is 4.29. The Morgan fingerprint density at radius 2 is 2.00 bits per heavy atom. The van der Waals surface area contributed by atoms with Crippen molar-refractivity contribution < 1.29 is 13.2 Å². The van der Waals surface area contributed by atoms with Gasteiger partial charge in [-0.15, -0.1) is 10.2 Å². The SMILES string of the molecule is NS(=O)(=O)c1ccc(CCNC(=O)Cc2nn[nH]n2)cc1. The summed E-state index contributed by atoms with van der Waals surface area (Å²) in [4.78, 5) is 11.6. The van der Waals surface area contributed by atoms with Crippen LogP contribution < -0.4 is 10.5 Å². The minimum atomic E-state index is -3.68. The molecule has 0 bridgehead atoms. The number of carbonyl (C=O) groups excluding carboxylic acids is 1. The first-order valence-corrected chi connectivity index (χ1v) is 7.60. The number of carbonyl (C=O) groups is 1. The number of primary sulfonamides is 1. The largest absolute Gasteiger partial charge is 0.355 e. The fourth-order valence-corrected chi connectivity index (χ4v) is 2.17. The molecule has 10 heteroatoms. The molecule has 4 N–H and O–H groups in total. The number of hydrogen-bond donors (Lipinski definition) is 3. The highest BCUT2D eigenvalue weighted by Gasteiger charge is 2.08. The Hall–Kier alpha value is -2.33. The summed E-state index contributed by atoms with van der Waals surface area (Å²) in [5, 5.41) is 20.7. The van der Waals surface area contributed by atoms with E-state index in [9.17, 15) is 13.2 Å². The van der Waals surface area contributed by atoms with Crippen LogP contribution in [0.15, 0.2) is 29.2 Å². The zero-order chi connectivity index (χ0) is 15.3. The third-order valence-corrected chi connectivity index (χ3v) is 3.62. The van der Waals surface area contributed by atoms with Crippen molar-refractivity contribution in [2.24, 2.45) is 5.14 Å². The van der Waals surface area contributed by atoms with E-state index in [1.807, 2.05) is 0 Å². The summed E-state index contributed by atoms with van der Waals surface area (Å²) in [6.45, 7) is 0.422. The van der Waals surface area contributed by atoms with Crippen LogP contribution in [-0.4, -0.2) is 41.5 Å². The Bertz CT molecular complexity index is 696. The molecule has 0 unspecified atom stereocenters. The molecule has 2 aromatic rings. The maximum absolute atomic E-state index is 11.6. The van der Waals surface area contributed by atoms with Gasteiger partial charge in [-0.2, -0.15) is 5.21 Å². The molecular formula is C11H14N6O3S. The number of amides is 1. The van der Waals surface area contributed by atoms with Crippen molar-refractivity contribution in [1.29, 1.82) is 0 Å². The first-order chi connectivity index (χ1) is 9.95. The fraction of sp³-hybridized carbons (Fsp3) is 0.273. The van der Waals surface area contributed by atoms with Gasteiger partial charge in [-0.25, -0.2) is 13.6 Å². The van der Waals surface area contributed by atoms with Gasteiger partial charge in [0.15, 0.2) is 5.82 Å². The van der Waals surface area contributed by atoms with E-state index in [4.69, 9.17) is 5.14 Å². The molecule has 0 saturated carbocycles. The van der Waals surface area contributed by atoms with Crippen LogP contribution in [0.1, 0.15) is 11.4 Å². The third-order valence-electron chi connectivity index (χ3n) is 2.70. The third kappa shape index (κ3) is 4.61. The Labute approximate surface area is 121 Å². The number of nitrogens with two attached hydrogens (primary N) is 1. The normalized spacial score (nSPS) is 11.3. The smallest absolute Gasteiger partial charge is 0.238 e. The minimum Gasteiger partial charge on any atom is -0.355 e. The van der Waals surface area contributed by atoms with Crippen LogP contribution in [0.3, 0.4) is 0 Å². The Morgan fingerprint density at radius 1 is 1.29 bits per heavy atom. The van der Waals surface area contributed by atoms with Crippen molar-refractivity contribution in [2.45, 2.75) is 17.7 Å². The predicted octanol–water partition coefficient (Wildman–Crippen LogP) is -1.25. The molecule has 0 aliphatic rings. The monoisotopic (exact) mass is 310 g/mol. The van der Waals surface area contributed by atoms with Crippen molar-refractivity contribution in [3.63, 3.8) is 0 Å². The molecule has 112 valence electrons. The molecular weight excluding hydrogens is 296 g/mol. The molecule has 0 fully saturated rings. The highest BCUT2D eigenvalue weighted by atomic mass is 32.2. The van der Waals surface area contributed by atoms with Crippen molar-refractivity contribution >= 4 is 15.9 Å². The second-order valence-corrected chi connectivity index (χ2v) is 5.86. The lowest BCUT2D eigenvalue weighted by Crippen LogP contribution is -2.27. The summed E-state index contributed by atoms with van der Waals surface area (Å²) in [5.74, 6) is 0.113. The second kappa shape index (κ2) is 6.41. The highest BCUT2D eigenvalue weighted by Crippen LogP contribution is 2.08. The Morgan fingerprint density at radius 3 is 2.57 bits per heavy atom. The van der Waals surface area contributed by atoms with E-state index < -0.39 is 10.0 Å². The number of rotatable bonds is 6. The first-order valence-electron chi connectivity index (χ1n) is 6.06. The van der Waals surface area contributed by atoms with Gasteiger partial charge >= 0.3 is 0 Å². The average Bonchev–Trinajstić information content (AvgIpc) is 2.91. The number of H-pyrrole nitrogens is 1. The maximum Gasteiger partial charge on any atom is 0.238 e. The molecule has 0 radical (unpaired) electrons. The van der Waals surface area contributed by atoms with Crippen molar-refractivity contribution in [3.8, 4) is 0 Å². The molecule has 0 aliphatic carbocycles. The molecule has 1 aromatic heterocycles. The lowest BCUT2D eigenvalue weighted by Gasteiger charge is -2.05. The molecule has 0 spiro atoms. The van der Waals surface area contributed by atoms with E-state index in [2.05, 4.69) is 25.9 Å². The predicted molar refractivity (Wildman–Crippen MR) is 72.4 cm³/mol.